The Bertz CT molecular complexity index is 2460. The number of imide groups is 2. The number of hydrogen-bond acceptors (Lipinski definition) is 13. The summed E-state index contributed by atoms with van der Waals surface area (Å²) in [5.41, 5.74) is 1.55. The molecule has 10 rings (SSSR count). The molecule has 1 saturated carbocycles. The molecule has 67 heavy (non-hydrogen) atoms. The minimum absolute atomic E-state index is 0.0297. The molecule has 1 aliphatic carbocycles. The highest BCUT2D eigenvalue weighted by molar-refractivity contribution is 6.25. The normalized spacial score (nSPS) is 26.1. The molecule has 5 amide bonds. The molecular weight excluding hydrogens is 861 g/mol. The summed E-state index contributed by atoms with van der Waals surface area (Å²) in [5.74, 6) is -0.743. The minimum Gasteiger partial charge on any atom is -0.370 e. The molecule has 16 nitrogen and oxygen atoms in total. The van der Waals surface area contributed by atoms with Gasteiger partial charge in [-0.2, -0.15) is 0 Å². The number of fused-ring (bicyclic) bond motifs is 2. The van der Waals surface area contributed by atoms with Crippen molar-refractivity contribution >= 4 is 52.5 Å². The summed E-state index contributed by atoms with van der Waals surface area (Å²) in [6, 6.07) is 9.27. The maximum atomic E-state index is 15.7. The lowest BCUT2D eigenvalue weighted by Crippen LogP contribution is -2.66. The second-order valence-electron chi connectivity index (χ2n) is 20.9. The van der Waals surface area contributed by atoms with Gasteiger partial charge in [0, 0.05) is 82.5 Å². The number of piperazine rings is 1. The van der Waals surface area contributed by atoms with Crippen LogP contribution in [0.15, 0.2) is 42.7 Å². The number of aromatic nitrogens is 2. The molecule has 2 aromatic carbocycles. The number of carbonyl (C=O) groups is 5. The van der Waals surface area contributed by atoms with E-state index in [1.165, 1.54) is 12.1 Å². The molecule has 7 aliphatic rings. The van der Waals surface area contributed by atoms with Crippen LogP contribution in [0.4, 0.5) is 31.8 Å². The van der Waals surface area contributed by atoms with Crippen LogP contribution in [-0.2, 0) is 20.9 Å². The van der Waals surface area contributed by atoms with E-state index < -0.39 is 46.8 Å². The Morgan fingerprint density at radius 2 is 1.58 bits per heavy atom. The van der Waals surface area contributed by atoms with Crippen molar-refractivity contribution in [1.82, 2.24) is 35.3 Å². The molecule has 3 N–H and O–H groups in total. The predicted molar refractivity (Wildman–Crippen MR) is 248 cm³/mol. The lowest BCUT2D eigenvalue weighted by Gasteiger charge is -2.48. The summed E-state index contributed by atoms with van der Waals surface area (Å²) in [7, 11) is 2.15. The standard InChI is InChI=1S/C49H61F2N11O5/c1-48(2)9-14-58(15-10-48)24-32-21-36(51)39(22-35(32)50)61-27-43(64)56-49(28-61)11-16-59(17-12-49)41-23-40(53-29-54-41)52-13-18-57(3)33-19-30-25-60(26-31(30)20-33)37-6-4-5-34-44(37)47(67)62(46(34)66)38-7-8-42(63)55-45(38)65/h4-6,21-23,29-31,33,38H,7-20,24-28H2,1-3H3,(H,56,64)(H,52,53,54)(H,55,63,65)/t30-,31+,33-,38?. The molecule has 3 aromatic rings. The Morgan fingerprint density at radius 1 is 0.836 bits per heavy atom. The number of hydrogen-bond donors (Lipinski definition) is 3. The maximum absolute atomic E-state index is 15.7. The predicted octanol–water partition coefficient (Wildman–Crippen LogP) is 4.01. The largest absolute Gasteiger partial charge is 0.370 e. The number of likely N-dealkylation sites (tertiary alicyclic amines) is 1. The van der Waals surface area contributed by atoms with Gasteiger partial charge in [-0.25, -0.2) is 18.7 Å². The van der Waals surface area contributed by atoms with Crippen molar-refractivity contribution in [1.29, 1.82) is 0 Å². The number of rotatable bonds is 11. The maximum Gasteiger partial charge on any atom is 0.264 e. The summed E-state index contributed by atoms with van der Waals surface area (Å²) in [5, 5.41) is 8.96. The number of benzene rings is 2. The van der Waals surface area contributed by atoms with Crippen LogP contribution >= 0.6 is 0 Å². The Kier molecular flexibility index (Phi) is 11.9. The lowest BCUT2D eigenvalue weighted by atomic mass is 9.82. The third kappa shape index (κ3) is 8.94. The Balaban J connectivity index is 0.694. The van der Waals surface area contributed by atoms with Crippen LogP contribution in [0.25, 0.3) is 0 Å². The number of anilines is 4. The molecule has 5 saturated heterocycles. The highest BCUT2D eigenvalue weighted by Gasteiger charge is 2.49. The Hall–Kier alpha value is -5.75. The molecule has 4 atom stereocenters. The first-order valence-electron chi connectivity index (χ1n) is 24.0. The molecular formula is C49H61F2N11O5. The van der Waals surface area contributed by atoms with Gasteiger partial charge in [0.2, 0.25) is 17.7 Å². The van der Waals surface area contributed by atoms with E-state index in [-0.39, 0.29) is 36.4 Å². The number of amides is 5. The van der Waals surface area contributed by atoms with Crippen molar-refractivity contribution in [3.05, 3.63) is 71.1 Å². The van der Waals surface area contributed by atoms with E-state index in [9.17, 15) is 24.0 Å². The second kappa shape index (κ2) is 17.7. The summed E-state index contributed by atoms with van der Waals surface area (Å²) < 4.78 is 31.2. The molecule has 0 radical (unpaired) electrons. The highest BCUT2D eigenvalue weighted by atomic mass is 19.1. The minimum atomic E-state index is -0.996. The van der Waals surface area contributed by atoms with Crippen LogP contribution in [-0.4, -0.2) is 144 Å². The van der Waals surface area contributed by atoms with Crippen LogP contribution in [0, 0.1) is 28.9 Å². The molecule has 18 heteroatoms. The lowest BCUT2D eigenvalue weighted by molar-refractivity contribution is -0.136. The molecule has 7 heterocycles. The van der Waals surface area contributed by atoms with Crippen LogP contribution in [0.2, 0.25) is 0 Å². The smallest absolute Gasteiger partial charge is 0.264 e. The van der Waals surface area contributed by atoms with E-state index in [1.54, 1.807) is 23.4 Å². The van der Waals surface area contributed by atoms with Crippen LogP contribution in [0.5, 0.6) is 0 Å². The quantitative estimate of drug-likeness (QED) is 0.237. The molecule has 6 fully saturated rings. The van der Waals surface area contributed by atoms with Gasteiger partial charge in [-0.05, 0) is 101 Å². The van der Waals surface area contributed by atoms with E-state index in [4.69, 9.17) is 0 Å². The fraction of sp³-hybridized carbons (Fsp3) is 0.571. The molecule has 356 valence electrons. The Labute approximate surface area is 389 Å². The fourth-order valence-corrected chi connectivity index (χ4v) is 11.8. The molecule has 0 bridgehead atoms. The number of likely N-dealkylation sites (N-methyl/N-ethyl adjacent to an activating group) is 1. The van der Waals surface area contributed by atoms with Gasteiger partial charge >= 0.3 is 0 Å². The van der Waals surface area contributed by atoms with Gasteiger partial charge < -0.3 is 30.2 Å². The highest BCUT2D eigenvalue weighted by Crippen LogP contribution is 2.44. The van der Waals surface area contributed by atoms with Crippen molar-refractivity contribution in [3.8, 4) is 0 Å². The van der Waals surface area contributed by atoms with Gasteiger partial charge in [0.1, 0.15) is 35.6 Å². The first-order valence-corrected chi connectivity index (χ1v) is 24.0. The molecule has 6 aliphatic heterocycles. The number of nitrogens with zero attached hydrogens (tertiary/aromatic N) is 8. The average Bonchev–Trinajstić information content (AvgIpc) is 3.96. The third-order valence-electron chi connectivity index (χ3n) is 15.9. The van der Waals surface area contributed by atoms with E-state index in [0.717, 1.165) is 80.6 Å². The number of piperidine rings is 3. The van der Waals surface area contributed by atoms with E-state index in [0.29, 0.717) is 80.1 Å². The van der Waals surface area contributed by atoms with Gasteiger partial charge in [-0.1, -0.05) is 19.9 Å². The summed E-state index contributed by atoms with van der Waals surface area (Å²) in [6.45, 7) is 11.2. The van der Waals surface area contributed by atoms with E-state index >= 15 is 8.78 Å². The SMILES string of the molecule is CN(CCNc1cc(N2CCC3(CC2)CN(c2cc(F)c(CN4CCC(C)(C)CC4)cc2F)CC(=O)N3)ncn1)[C@@H]1C[C@@H]2CN(c3cccc4c3C(=O)N(C3CCC(=O)NC3=O)C4=O)C[C@@H]2C1. The van der Waals surface area contributed by atoms with Crippen molar-refractivity contribution < 1.29 is 32.8 Å². The molecule has 1 aromatic heterocycles. The van der Waals surface area contributed by atoms with Crippen molar-refractivity contribution in [3.63, 3.8) is 0 Å². The van der Waals surface area contributed by atoms with Gasteiger partial charge in [0.05, 0.1) is 34.6 Å². The van der Waals surface area contributed by atoms with Crippen molar-refractivity contribution in [2.75, 3.05) is 92.5 Å². The van der Waals surface area contributed by atoms with E-state index in [2.05, 4.69) is 66.4 Å². The van der Waals surface area contributed by atoms with Crippen molar-refractivity contribution in [2.45, 2.75) is 89.4 Å². The molecule has 1 unspecified atom stereocenters. The average molecular weight is 922 g/mol. The summed E-state index contributed by atoms with van der Waals surface area (Å²) >= 11 is 0. The zero-order valence-corrected chi connectivity index (χ0v) is 38.7. The zero-order valence-electron chi connectivity index (χ0n) is 38.7. The number of nitrogens with one attached hydrogen (secondary N) is 3. The van der Waals surface area contributed by atoms with Gasteiger partial charge in [0.25, 0.3) is 11.8 Å². The second-order valence-corrected chi connectivity index (χ2v) is 20.9. The molecule has 1 spiro atoms. The third-order valence-corrected chi connectivity index (χ3v) is 15.9. The van der Waals surface area contributed by atoms with E-state index in [1.807, 2.05) is 12.1 Å². The summed E-state index contributed by atoms with van der Waals surface area (Å²) in [4.78, 5) is 85.4. The topological polar surface area (TPSA) is 167 Å². The van der Waals surface area contributed by atoms with Crippen molar-refractivity contribution in [2.24, 2.45) is 17.3 Å². The van der Waals surface area contributed by atoms with Crippen LogP contribution in [0.1, 0.15) is 91.5 Å². The number of carbonyl (C=O) groups excluding carboxylic acids is 5. The summed E-state index contributed by atoms with van der Waals surface area (Å²) in [6.07, 6.45) is 7.08. The van der Waals surface area contributed by atoms with Gasteiger partial charge in [-0.3, -0.25) is 39.1 Å². The fourth-order valence-electron chi connectivity index (χ4n) is 11.8. The first kappa shape index (κ1) is 45.1. The zero-order chi connectivity index (χ0) is 46.8. The van der Waals surface area contributed by atoms with Gasteiger partial charge in [-0.15, -0.1) is 0 Å². The van der Waals surface area contributed by atoms with Crippen LogP contribution in [0.3, 0.4) is 0 Å². The van der Waals surface area contributed by atoms with Gasteiger partial charge in [0.15, 0.2) is 0 Å². The first-order chi connectivity index (χ1) is 32.1. The Morgan fingerprint density at radius 3 is 2.31 bits per heavy atom. The van der Waals surface area contributed by atoms with Crippen LogP contribution < -0.4 is 30.7 Å². The number of halogens is 2. The monoisotopic (exact) mass is 921 g/mol.